The maximum absolute atomic E-state index is 11.3. The molecule has 0 saturated heterocycles. The minimum atomic E-state index is -0.225. The molecule has 0 radical (unpaired) electrons. The lowest BCUT2D eigenvalue weighted by molar-refractivity contribution is -0.142. The van der Waals surface area contributed by atoms with Crippen LogP contribution in [0.2, 0.25) is 5.02 Å². The van der Waals surface area contributed by atoms with Gasteiger partial charge in [0.05, 0.1) is 13.7 Å². The standard InChI is InChI=1S/C13H17BrClNO2/c1-3-6-16(9-13(17)18-2)8-10-4-5-11(14)7-12(10)15/h4-5,7H,3,6,8-9H2,1-2H3. The number of hydrogen-bond donors (Lipinski definition) is 0. The van der Waals surface area contributed by atoms with Crippen molar-refractivity contribution in [1.29, 1.82) is 0 Å². The monoisotopic (exact) mass is 333 g/mol. The van der Waals surface area contributed by atoms with Crippen LogP contribution in [0.1, 0.15) is 18.9 Å². The van der Waals surface area contributed by atoms with E-state index in [4.69, 9.17) is 16.3 Å². The molecule has 1 aromatic rings. The summed E-state index contributed by atoms with van der Waals surface area (Å²) in [4.78, 5) is 13.4. The van der Waals surface area contributed by atoms with Gasteiger partial charge in [0.25, 0.3) is 0 Å². The van der Waals surface area contributed by atoms with E-state index in [1.165, 1.54) is 7.11 Å². The molecule has 3 nitrogen and oxygen atoms in total. The summed E-state index contributed by atoms with van der Waals surface area (Å²) in [5.41, 5.74) is 1.01. The highest BCUT2D eigenvalue weighted by molar-refractivity contribution is 9.10. The summed E-state index contributed by atoms with van der Waals surface area (Å²) < 4.78 is 5.64. The van der Waals surface area contributed by atoms with E-state index in [0.29, 0.717) is 11.6 Å². The van der Waals surface area contributed by atoms with Gasteiger partial charge in [-0.1, -0.05) is 40.5 Å². The van der Waals surface area contributed by atoms with Crippen molar-refractivity contribution in [2.75, 3.05) is 20.2 Å². The molecule has 100 valence electrons. The van der Waals surface area contributed by atoms with Gasteiger partial charge in [-0.25, -0.2) is 0 Å². The lowest BCUT2D eigenvalue weighted by atomic mass is 10.2. The van der Waals surface area contributed by atoms with Crippen LogP contribution >= 0.6 is 27.5 Å². The molecule has 18 heavy (non-hydrogen) atoms. The topological polar surface area (TPSA) is 29.5 Å². The summed E-state index contributed by atoms with van der Waals surface area (Å²) in [5, 5.41) is 0.704. The Morgan fingerprint density at radius 2 is 2.22 bits per heavy atom. The van der Waals surface area contributed by atoms with Gasteiger partial charge >= 0.3 is 5.97 Å². The Morgan fingerprint density at radius 3 is 2.78 bits per heavy atom. The zero-order valence-electron chi connectivity index (χ0n) is 10.6. The smallest absolute Gasteiger partial charge is 0.319 e. The van der Waals surface area contributed by atoms with Gasteiger partial charge in [-0.3, -0.25) is 9.69 Å². The van der Waals surface area contributed by atoms with E-state index in [-0.39, 0.29) is 12.5 Å². The van der Waals surface area contributed by atoms with Crippen LogP contribution in [0.25, 0.3) is 0 Å². The Hall–Kier alpha value is -0.580. The number of benzene rings is 1. The van der Waals surface area contributed by atoms with Gasteiger partial charge in [0.15, 0.2) is 0 Å². The predicted molar refractivity (Wildman–Crippen MR) is 76.7 cm³/mol. The van der Waals surface area contributed by atoms with E-state index < -0.39 is 0 Å². The molecule has 0 aliphatic carbocycles. The molecule has 0 unspecified atom stereocenters. The number of ether oxygens (including phenoxy) is 1. The highest BCUT2D eigenvalue weighted by Gasteiger charge is 2.12. The molecule has 0 aliphatic heterocycles. The summed E-state index contributed by atoms with van der Waals surface area (Å²) in [5.74, 6) is -0.225. The normalized spacial score (nSPS) is 10.7. The third-order valence-electron chi connectivity index (χ3n) is 2.53. The summed E-state index contributed by atoms with van der Waals surface area (Å²) in [6.07, 6.45) is 0.977. The average molecular weight is 335 g/mol. The third kappa shape index (κ3) is 4.96. The quantitative estimate of drug-likeness (QED) is 0.746. The molecular formula is C13H17BrClNO2. The van der Waals surface area contributed by atoms with E-state index in [0.717, 1.165) is 23.0 Å². The Bertz CT molecular complexity index is 412. The van der Waals surface area contributed by atoms with Crippen molar-refractivity contribution >= 4 is 33.5 Å². The molecule has 0 fully saturated rings. The molecule has 1 aromatic carbocycles. The number of nitrogens with zero attached hydrogens (tertiary/aromatic N) is 1. The second-order valence-corrected chi connectivity index (χ2v) is 5.35. The molecular weight excluding hydrogens is 318 g/mol. The first-order valence-corrected chi connectivity index (χ1v) is 6.97. The molecule has 0 atom stereocenters. The molecule has 1 rings (SSSR count). The summed E-state index contributed by atoms with van der Waals surface area (Å²) >= 11 is 9.54. The van der Waals surface area contributed by atoms with Crippen molar-refractivity contribution in [3.05, 3.63) is 33.3 Å². The Morgan fingerprint density at radius 1 is 1.50 bits per heavy atom. The minimum absolute atomic E-state index is 0.225. The molecule has 5 heteroatoms. The zero-order valence-corrected chi connectivity index (χ0v) is 12.9. The van der Waals surface area contributed by atoms with E-state index in [1.807, 2.05) is 23.1 Å². The second kappa shape index (κ2) is 7.77. The van der Waals surface area contributed by atoms with Crippen LogP contribution in [0.4, 0.5) is 0 Å². The van der Waals surface area contributed by atoms with Gasteiger partial charge in [-0.2, -0.15) is 0 Å². The third-order valence-corrected chi connectivity index (χ3v) is 3.37. The number of halogens is 2. The first-order chi connectivity index (χ1) is 8.56. The number of carbonyl (C=O) groups excluding carboxylic acids is 1. The summed E-state index contributed by atoms with van der Waals surface area (Å²) in [7, 11) is 1.40. The van der Waals surface area contributed by atoms with Crippen molar-refractivity contribution in [2.45, 2.75) is 19.9 Å². The fraction of sp³-hybridized carbons (Fsp3) is 0.462. The molecule has 0 N–H and O–H groups in total. The number of methoxy groups -OCH3 is 1. The van der Waals surface area contributed by atoms with Crippen LogP contribution in [0.15, 0.2) is 22.7 Å². The number of hydrogen-bond acceptors (Lipinski definition) is 3. The van der Waals surface area contributed by atoms with Gasteiger partial charge < -0.3 is 4.74 Å². The SMILES string of the molecule is CCCN(CC(=O)OC)Cc1ccc(Br)cc1Cl. The van der Waals surface area contributed by atoms with Crippen molar-refractivity contribution in [2.24, 2.45) is 0 Å². The summed E-state index contributed by atoms with van der Waals surface area (Å²) in [6.45, 7) is 3.85. The van der Waals surface area contributed by atoms with Crippen LogP contribution in [0, 0.1) is 0 Å². The van der Waals surface area contributed by atoms with Crippen LogP contribution in [0.5, 0.6) is 0 Å². The summed E-state index contributed by atoms with van der Waals surface area (Å²) in [6, 6.07) is 5.77. The van der Waals surface area contributed by atoms with E-state index in [1.54, 1.807) is 0 Å². The Balaban J connectivity index is 2.72. The fourth-order valence-corrected chi connectivity index (χ4v) is 2.40. The lowest BCUT2D eigenvalue weighted by Gasteiger charge is -2.20. The first-order valence-electron chi connectivity index (χ1n) is 5.80. The lowest BCUT2D eigenvalue weighted by Crippen LogP contribution is -2.31. The number of carbonyl (C=O) groups is 1. The molecule has 0 spiro atoms. The van der Waals surface area contributed by atoms with Crippen molar-refractivity contribution < 1.29 is 9.53 Å². The number of rotatable bonds is 6. The number of esters is 1. The van der Waals surface area contributed by atoms with E-state index in [9.17, 15) is 4.79 Å². The molecule has 0 aliphatic rings. The zero-order chi connectivity index (χ0) is 13.5. The Labute approximate surface area is 121 Å². The van der Waals surface area contributed by atoms with Crippen LogP contribution < -0.4 is 0 Å². The molecule has 0 saturated carbocycles. The van der Waals surface area contributed by atoms with Crippen LogP contribution in [-0.2, 0) is 16.1 Å². The van der Waals surface area contributed by atoms with Crippen molar-refractivity contribution in [3.8, 4) is 0 Å². The molecule has 0 bridgehead atoms. The average Bonchev–Trinajstić information content (AvgIpc) is 2.32. The maximum atomic E-state index is 11.3. The van der Waals surface area contributed by atoms with E-state index in [2.05, 4.69) is 22.9 Å². The van der Waals surface area contributed by atoms with Gasteiger partial charge in [-0.15, -0.1) is 0 Å². The molecule has 0 amide bonds. The van der Waals surface area contributed by atoms with Crippen molar-refractivity contribution in [3.63, 3.8) is 0 Å². The minimum Gasteiger partial charge on any atom is -0.468 e. The predicted octanol–water partition coefficient (Wildman–Crippen LogP) is 3.49. The van der Waals surface area contributed by atoms with Gasteiger partial charge in [0.1, 0.15) is 0 Å². The van der Waals surface area contributed by atoms with Gasteiger partial charge in [0, 0.05) is 16.0 Å². The van der Waals surface area contributed by atoms with Gasteiger partial charge in [0.2, 0.25) is 0 Å². The van der Waals surface area contributed by atoms with Gasteiger partial charge in [-0.05, 0) is 30.7 Å². The molecule has 0 heterocycles. The maximum Gasteiger partial charge on any atom is 0.319 e. The van der Waals surface area contributed by atoms with Crippen LogP contribution in [-0.4, -0.2) is 31.1 Å². The largest absolute Gasteiger partial charge is 0.468 e. The second-order valence-electron chi connectivity index (χ2n) is 4.02. The van der Waals surface area contributed by atoms with Crippen LogP contribution in [0.3, 0.4) is 0 Å². The first kappa shape index (κ1) is 15.5. The van der Waals surface area contributed by atoms with Crippen molar-refractivity contribution in [1.82, 2.24) is 4.90 Å². The highest BCUT2D eigenvalue weighted by atomic mass is 79.9. The fourth-order valence-electron chi connectivity index (χ4n) is 1.67. The highest BCUT2D eigenvalue weighted by Crippen LogP contribution is 2.22. The Kier molecular flexibility index (Phi) is 6.68. The molecule has 0 aromatic heterocycles. The van der Waals surface area contributed by atoms with E-state index >= 15 is 0 Å².